The van der Waals surface area contributed by atoms with Crippen molar-refractivity contribution in [3.63, 3.8) is 0 Å². The van der Waals surface area contributed by atoms with E-state index in [9.17, 15) is 0 Å². The van der Waals surface area contributed by atoms with E-state index in [1.54, 1.807) is 21.3 Å². The van der Waals surface area contributed by atoms with Crippen LogP contribution >= 0.6 is 0 Å². The largest absolute Gasteiger partial charge is 0.496 e. The Morgan fingerprint density at radius 2 is 1.35 bits per heavy atom. The molecule has 106 valence electrons. The predicted molar refractivity (Wildman–Crippen MR) is 80.1 cm³/mol. The molecule has 0 heterocycles. The second kappa shape index (κ2) is 6.33. The molecule has 0 N–H and O–H groups in total. The van der Waals surface area contributed by atoms with Gasteiger partial charge in [0, 0.05) is 23.6 Å². The van der Waals surface area contributed by atoms with E-state index in [-0.39, 0.29) is 5.92 Å². The van der Waals surface area contributed by atoms with E-state index in [0.717, 1.165) is 22.8 Å². The molecule has 2 aromatic rings. The van der Waals surface area contributed by atoms with Crippen molar-refractivity contribution in [3.8, 4) is 17.2 Å². The van der Waals surface area contributed by atoms with Crippen molar-refractivity contribution >= 4 is 0 Å². The molecule has 0 saturated heterocycles. The maximum atomic E-state index is 5.51. The molecule has 1 atom stereocenters. The van der Waals surface area contributed by atoms with E-state index >= 15 is 0 Å². The number of rotatable bonds is 5. The van der Waals surface area contributed by atoms with Gasteiger partial charge in [0.05, 0.1) is 21.3 Å². The van der Waals surface area contributed by atoms with Gasteiger partial charge in [-0.3, -0.25) is 0 Å². The number of benzene rings is 2. The Kier molecular flexibility index (Phi) is 4.51. The average molecular weight is 272 g/mol. The Hall–Kier alpha value is -2.16. The third-order valence-corrected chi connectivity index (χ3v) is 3.49. The normalized spacial score (nSPS) is 11.8. The van der Waals surface area contributed by atoms with E-state index in [0.29, 0.717) is 0 Å². The van der Waals surface area contributed by atoms with Crippen molar-refractivity contribution in [2.75, 3.05) is 21.3 Å². The van der Waals surface area contributed by atoms with Crippen molar-refractivity contribution < 1.29 is 14.2 Å². The lowest BCUT2D eigenvalue weighted by atomic mass is 9.91. The van der Waals surface area contributed by atoms with Gasteiger partial charge in [0.25, 0.3) is 0 Å². The van der Waals surface area contributed by atoms with E-state index < -0.39 is 0 Å². The van der Waals surface area contributed by atoms with Crippen LogP contribution in [0.15, 0.2) is 42.5 Å². The molecule has 0 fully saturated rings. The maximum absolute atomic E-state index is 5.51. The number of ether oxygens (including phenoxy) is 3. The summed E-state index contributed by atoms with van der Waals surface area (Å²) in [6, 6.07) is 14.1. The first-order valence-corrected chi connectivity index (χ1v) is 6.56. The maximum Gasteiger partial charge on any atom is 0.130 e. The molecule has 0 aromatic heterocycles. The predicted octanol–water partition coefficient (Wildman–Crippen LogP) is 3.86. The molecule has 20 heavy (non-hydrogen) atoms. The van der Waals surface area contributed by atoms with Gasteiger partial charge in [-0.15, -0.1) is 0 Å². The van der Waals surface area contributed by atoms with Crippen LogP contribution in [0.1, 0.15) is 24.0 Å². The highest BCUT2D eigenvalue weighted by atomic mass is 16.5. The highest BCUT2D eigenvalue weighted by molar-refractivity contribution is 5.54. The zero-order chi connectivity index (χ0) is 14.5. The molecule has 0 saturated carbocycles. The van der Waals surface area contributed by atoms with Crippen molar-refractivity contribution in [3.05, 3.63) is 53.6 Å². The molecule has 0 radical (unpaired) electrons. The van der Waals surface area contributed by atoms with Crippen LogP contribution in [0.2, 0.25) is 0 Å². The van der Waals surface area contributed by atoms with Gasteiger partial charge >= 0.3 is 0 Å². The summed E-state index contributed by atoms with van der Waals surface area (Å²) in [7, 11) is 4.96. The minimum Gasteiger partial charge on any atom is -0.496 e. The van der Waals surface area contributed by atoms with Crippen LogP contribution in [0.25, 0.3) is 0 Å². The van der Waals surface area contributed by atoms with Gasteiger partial charge in [-0.25, -0.2) is 0 Å². The fraction of sp³-hybridized carbons (Fsp3) is 0.294. The number of hydrogen-bond donors (Lipinski definition) is 0. The molecule has 1 unspecified atom stereocenters. The summed E-state index contributed by atoms with van der Waals surface area (Å²) in [6.45, 7) is 2.14. The van der Waals surface area contributed by atoms with Crippen LogP contribution < -0.4 is 14.2 Å². The molecule has 0 bridgehead atoms. The molecule has 0 spiro atoms. The summed E-state index contributed by atoms with van der Waals surface area (Å²) >= 11 is 0. The summed E-state index contributed by atoms with van der Waals surface area (Å²) in [5.41, 5.74) is 2.25. The lowest BCUT2D eigenvalue weighted by Crippen LogP contribution is -2.03. The molecule has 3 nitrogen and oxygen atoms in total. The summed E-state index contributed by atoms with van der Waals surface area (Å²) < 4.78 is 16.3. The zero-order valence-electron chi connectivity index (χ0n) is 12.3. The lowest BCUT2D eigenvalue weighted by molar-refractivity contribution is 0.367. The highest BCUT2D eigenvalue weighted by Gasteiger charge is 2.20. The van der Waals surface area contributed by atoms with Gasteiger partial charge in [0.1, 0.15) is 17.2 Å². The molecule has 2 aromatic carbocycles. The molecular formula is C17H20O3. The van der Waals surface area contributed by atoms with Crippen LogP contribution in [0.4, 0.5) is 0 Å². The molecule has 0 amide bonds. The van der Waals surface area contributed by atoms with Crippen LogP contribution in [-0.4, -0.2) is 21.3 Å². The fourth-order valence-corrected chi connectivity index (χ4v) is 2.37. The van der Waals surface area contributed by atoms with E-state index in [1.807, 2.05) is 30.3 Å². The molecule has 0 aliphatic rings. The Balaban J connectivity index is 2.54. The minimum atomic E-state index is 0.173. The Morgan fingerprint density at radius 3 is 1.80 bits per heavy atom. The fourth-order valence-electron chi connectivity index (χ4n) is 2.37. The summed E-state index contributed by atoms with van der Waals surface area (Å²) in [5.74, 6) is 2.45. The summed E-state index contributed by atoms with van der Waals surface area (Å²) in [6.07, 6.45) is 0. The van der Waals surface area contributed by atoms with Crippen molar-refractivity contribution in [1.82, 2.24) is 0 Å². The second-order valence-corrected chi connectivity index (χ2v) is 4.58. The van der Waals surface area contributed by atoms with Crippen molar-refractivity contribution in [2.45, 2.75) is 12.8 Å². The topological polar surface area (TPSA) is 27.7 Å². The Bertz CT molecular complexity index is 539. The first-order chi connectivity index (χ1) is 9.71. The average Bonchev–Trinajstić information content (AvgIpc) is 2.53. The third-order valence-electron chi connectivity index (χ3n) is 3.49. The van der Waals surface area contributed by atoms with Crippen LogP contribution in [0.3, 0.4) is 0 Å². The lowest BCUT2D eigenvalue weighted by Gasteiger charge is -2.20. The Labute approximate surface area is 120 Å². The van der Waals surface area contributed by atoms with E-state index in [4.69, 9.17) is 14.2 Å². The minimum absolute atomic E-state index is 0.173. The van der Waals surface area contributed by atoms with Crippen LogP contribution in [-0.2, 0) is 0 Å². The summed E-state index contributed by atoms with van der Waals surface area (Å²) in [5, 5.41) is 0. The number of hydrogen-bond acceptors (Lipinski definition) is 3. The van der Waals surface area contributed by atoms with Crippen molar-refractivity contribution in [2.24, 2.45) is 0 Å². The summed E-state index contributed by atoms with van der Waals surface area (Å²) in [4.78, 5) is 0. The molecule has 3 heteroatoms. The first kappa shape index (κ1) is 14.3. The number of methoxy groups -OCH3 is 3. The quantitative estimate of drug-likeness (QED) is 0.827. The first-order valence-electron chi connectivity index (χ1n) is 6.56. The van der Waals surface area contributed by atoms with Gasteiger partial charge < -0.3 is 14.2 Å². The monoisotopic (exact) mass is 272 g/mol. The third kappa shape index (κ3) is 2.72. The molecule has 2 rings (SSSR count). The SMILES string of the molecule is COc1cc(OC)c(C(C)c2ccccc2)c(OC)c1. The Morgan fingerprint density at radius 1 is 0.800 bits per heavy atom. The van der Waals surface area contributed by atoms with Gasteiger partial charge in [-0.05, 0) is 5.56 Å². The van der Waals surface area contributed by atoms with Gasteiger partial charge in [0.2, 0.25) is 0 Å². The molecule has 0 aliphatic carbocycles. The molecular weight excluding hydrogens is 252 g/mol. The highest BCUT2D eigenvalue weighted by Crippen LogP contribution is 2.41. The van der Waals surface area contributed by atoms with E-state index in [1.165, 1.54) is 5.56 Å². The van der Waals surface area contributed by atoms with Crippen LogP contribution in [0.5, 0.6) is 17.2 Å². The smallest absolute Gasteiger partial charge is 0.130 e. The van der Waals surface area contributed by atoms with Gasteiger partial charge in [-0.1, -0.05) is 37.3 Å². The standard InChI is InChI=1S/C17H20O3/c1-12(13-8-6-5-7-9-13)17-15(19-3)10-14(18-2)11-16(17)20-4/h5-12H,1-4H3. The second-order valence-electron chi connectivity index (χ2n) is 4.58. The van der Waals surface area contributed by atoms with Crippen LogP contribution in [0, 0.1) is 0 Å². The van der Waals surface area contributed by atoms with Gasteiger partial charge in [-0.2, -0.15) is 0 Å². The molecule has 0 aliphatic heterocycles. The van der Waals surface area contributed by atoms with Gasteiger partial charge in [0.15, 0.2) is 0 Å². The van der Waals surface area contributed by atoms with Crippen molar-refractivity contribution in [1.29, 1.82) is 0 Å². The zero-order valence-corrected chi connectivity index (χ0v) is 12.3. The van der Waals surface area contributed by atoms with E-state index in [2.05, 4.69) is 19.1 Å².